The lowest BCUT2D eigenvalue weighted by Crippen LogP contribution is -2.50. The van der Waals surface area contributed by atoms with E-state index in [1.807, 2.05) is 7.05 Å². The second kappa shape index (κ2) is 3.85. The normalized spacial score (nSPS) is 39.8. The van der Waals surface area contributed by atoms with Gasteiger partial charge in [0.1, 0.15) is 5.69 Å². The number of nitrogens with zero attached hydrogens (tertiary/aromatic N) is 2. The molecule has 4 aliphatic carbocycles. The maximum Gasteiger partial charge on any atom is 0.188 e. The molecule has 4 saturated carbocycles. The van der Waals surface area contributed by atoms with Crippen LogP contribution in [0, 0.1) is 23.2 Å². The minimum Gasteiger partial charge on any atom is -0.292 e. The van der Waals surface area contributed by atoms with Gasteiger partial charge in [0.15, 0.2) is 5.78 Å². The predicted molar refractivity (Wildman–Crippen MR) is 73.2 cm³/mol. The van der Waals surface area contributed by atoms with E-state index in [1.54, 1.807) is 10.9 Å². The van der Waals surface area contributed by atoms with E-state index in [0.717, 1.165) is 37.0 Å². The maximum absolute atomic E-state index is 13.1. The van der Waals surface area contributed by atoms with Gasteiger partial charge in [0.2, 0.25) is 0 Å². The summed E-state index contributed by atoms with van der Waals surface area (Å²) in [5, 5.41) is 4.65. The number of carbonyl (C=O) groups is 1. The van der Waals surface area contributed by atoms with Gasteiger partial charge in [0.25, 0.3) is 0 Å². The number of Topliss-reactive ketones (excluding diaryl/α,β-unsaturated/α-hetero) is 1. The second-order valence-corrected chi connectivity index (χ2v) is 7.40. The van der Waals surface area contributed by atoms with Gasteiger partial charge < -0.3 is 0 Å². The standard InChI is InChI=1S/C15H19ClN2O/c1-18-13(12(16)8-17-18)14(19)15-5-9-2-10(6-15)4-11(3-9)7-15/h8-11H,2-7H2,1H3. The molecule has 0 unspecified atom stereocenters. The molecule has 0 aromatic carbocycles. The molecule has 4 heteroatoms. The largest absolute Gasteiger partial charge is 0.292 e. The molecule has 1 aromatic rings. The molecule has 4 fully saturated rings. The number of halogens is 1. The lowest BCUT2D eigenvalue weighted by atomic mass is 9.48. The molecule has 4 aliphatic rings. The lowest BCUT2D eigenvalue weighted by molar-refractivity contribution is -0.0357. The Labute approximate surface area is 118 Å². The molecule has 1 aromatic heterocycles. The first kappa shape index (κ1) is 12.0. The average molecular weight is 279 g/mol. The first-order chi connectivity index (χ1) is 9.07. The predicted octanol–water partition coefficient (Wildman–Crippen LogP) is 3.47. The lowest BCUT2D eigenvalue weighted by Gasteiger charge is -2.55. The van der Waals surface area contributed by atoms with E-state index in [0.29, 0.717) is 10.7 Å². The molecule has 4 bridgehead atoms. The number of aromatic nitrogens is 2. The topological polar surface area (TPSA) is 34.9 Å². The summed E-state index contributed by atoms with van der Waals surface area (Å²) < 4.78 is 1.66. The zero-order chi connectivity index (χ0) is 13.2. The van der Waals surface area contributed by atoms with Gasteiger partial charge in [-0.3, -0.25) is 9.48 Å². The fraction of sp³-hybridized carbons (Fsp3) is 0.733. The molecule has 0 radical (unpaired) electrons. The zero-order valence-corrected chi connectivity index (χ0v) is 12.0. The molecule has 0 atom stereocenters. The maximum atomic E-state index is 13.1. The molecule has 0 amide bonds. The van der Waals surface area contributed by atoms with E-state index >= 15 is 0 Å². The van der Waals surface area contributed by atoms with Crippen LogP contribution in [0.4, 0.5) is 0 Å². The van der Waals surface area contributed by atoms with Gasteiger partial charge in [-0.2, -0.15) is 5.10 Å². The van der Waals surface area contributed by atoms with E-state index in [1.165, 1.54) is 19.3 Å². The van der Waals surface area contributed by atoms with Crippen LogP contribution in [-0.2, 0) is 7.05 Å². The highest BCUT2D eigenvalue weighted by atomic mass is 35.5. The van der Waals surface area contributed by atoms with Crippen molar-refractivity contribution in [1.82, 2.24) is 9.78 Å². The van der Waals surface area contributed by atoms with E-state index in [2.05, 4.69) is 5.10 Å². The third-order valence-electron chi connectivity index (χ3n) is 5.63. The number of carbonyl (C=O) groups excluding carboxylic acids is 1. The molecule has 0 saturated heterocycles. The van der Waals surface area contributed by atoms with E-state index in [4.69, 9.17) is 11.6 Å². The Hall–Kier alpha value is -0.830. The van der Waals surface area contributed by atoms with Crippen molar-refractivity contribution in [2.45, 2.75) is 38.5 Å². The van der Waals surface area contributed by atoms with Crippen LogP contribution in [0.25, 0.3) is 0 Å². The molecule has 0 spiro atoms. The van der Waals surface area contributed by atoms with E-state index < -0.39 is 0 Å². The highest BCUT2D eigenvalue weighted by Crippen LogP contribution is 2.61. The summed E-state index contributed by atoms with van der Waals surface area (Å²) in [7, 11) is 1.82. The van der Waals surface area contributed by atoms with Gasteiger partial charge >= 0.3 is 0 Å². The van der Waals surface area contributed by atoms with Crippen LogP contribution in [0.3, 0.4) is 0 Å². The summed E-state index contributed by atoms with van der Waals surface area (Å²) in [6.45, 7) is 0. The van der Waals surface area contributed by atoms with Crippen molar-refractivity contribution < 1.29 is 4.79 Å². The number of ketones is 1. The summed E-state index contributed by atoms with van der Waals surface area (Å²) in [4.78, 5) is 13.1. The molecule has 0 aliphatic heterocycles. The second-order valence-electron chi connectivity index (χ2n) is 6.99. The Morgan fingerprint density at radius 3 is 2.21 bits per heavy atom. The molecular formula is C15H19ClN2O. The van der Waals surface area contributed by atoms with Gasteiger partial charge in [-0.25, -0.2) is 0 Å². The number of aryl methyl sites for hydroxylation is 1. The third-order valence-corrected chi connectivity index (χ3v) is 5.91. The Morgan fingerprint density at radius 2 is 1.79 bits per heavy atom. The fourth-order valence-corrected chi connectivity index (χ4v) is 5.56. The van der Waals surface area contributed by atoms with Crippen molar-refractivity contribution >= 4 is 17.4 Å². The summed E-state index contributed by atoms with van der Waals surface area (Å²) in [6, 6.07) is 0. The Bertz CT molecular complexity index is 494. The van der Waals surface area contributed by atoms with Gasteiger partial charge in [0.05, 0.1) is 11.2 Å². The Morgan fingerprint density at radius 1 is 1.26 bits per heavy atom. The van der Waals surface area contributed by atoms with Crippen molar-refractivity contribution in [2.75, 3.05) is 0 Å². The summed E-state index contributed by atoms with van der Waals surface area (Å²) in [6.07, 6.45) is 8.90. The molecule has 102 valence electrons. The molecular weight excluding hydrogens is 260 g/mol. The van der Waals surface area contributed by atoms with Crippen LogP contribution < -0.4 is 0 Å². The highest BCUT2D eigenvalue weighted by molar-refractivity contribution is 6.33. The molecule has 19 heavy (non-hydrogen) atoms. The van der Waals surface area contributed by atoms with Crippen LogP contribution in [0.2, 0.25) is 5.02 Å². The van der Waals surface area contributed by atoms with Gasteiger partial charge in [0, 0.05) is 12.5 Å². The quantitative estimate of drug-likeness (QED) is 0.777. The highest BCUT2D eigenvalue weighted by Gasteiger charge is 2.55. The molecule has 0 N–H and O–H groups in total. The van der Waals surface area contributed by atoms with Crippen molar-refractivity contribution in [1.29, 1.82) is 0 Å². The first-order valence-corrected chi connectivity index (χ1v) is 7.67. The van der Waals surface area contributed by atoms with Gasteiger partial charge in [-0.05, 0) is 56.3 Å². The molecule has 1 heterocycles. The van der Waals surface area contributed by atoms with Crippen LogP contribution in [0.15, 0.2) is 6.20 Å². The van der Waals surface area contributed by atoms with Crippen molar-refractivity contribution in [3.63, 3.8) is 0 Å². The monoisotopic (exact) mass is 278 g/mol. The average Bonchev–Trinajstić information content (AvgIpc) is 2.66. The smallest absolute Gasteiger partial charge is 0.188 e. The molecule has 3 nitrogen and oxygen atoms in total. The van der Waals surface area contributed by atoms with E-state index in [-0.39, 0.29) is 11.2 Å². The first-order valence-electron chi connectivity index (χ1n) is 7.30. The summed E-state index contributed by atoms with van der Waals surface area (Å²) in [5.74, 6) is 2.60. The number of rotatable bonds is 2. The summed E-state index contributed by atoms with van der Waals surface area (Å²) >= 11 is 6.18. The SMILES string of the molecule is Cn1ncc(Cl)c1C(=O)C12CC3CC(CC(C3)C1)C2. The minimum atomic E-state index is -0.119. The Kier molecular flexibility index (Phi) is 2.42. The van der Waals surface area contributed by atoms with Crippen molar-refractivity contribution in [3.05, 3.63) is 16.9 Å². The zero-order valence-electron chi connectivity index (χ0n) is 11.2. The van der Waals surface area contributed by atoms with Crippen LogP contribution >= 0.6 is 11.6 Å². The van der Waals surface area contributed by atoms with Crippen molar-refractivity contribution in [3.8, 4) is 0 Å². The number of hydrogen-bond donors (Lipinski definition) is 0. The van der Waals surface area contributed by atoms with E-state index in [9.17, 15) is 4.79 Å². The van der Waals surface area contributed by atoms with Gasteiger partial charge in [-0.1, -0.05) is 11.6 Å². The van der Waals surface area contributed by atoms with Crippen LogP contribution in [-0.4, -0.2) is 15.6 Å². The molecule has 5 rings (SSSR count). The Balaban J connectivity index is 1.74. The van der Waals surface area contributed by atoms with Crippen LogP contribution in [0.1, 0.15) is 49.0 Å². The third kappa shape index (κ3) is 1.63. The minimum absolute atomic E-state index is 0.119. The fourth-order valence-electron chi connectivity index (χ4n) is 5.31. The number of hydrogen-bond acceptors (Lipinski definition) is 2. The van der Waals surface area contributed by atoms with Gasteiger partial charge in [-0.15, -0.1) is 0 Å². The van der Waals surface area contributed by atoms with Crippen LogP contribution in [0.5, 0.6) is 0 Å². The summed E-state index contributed by atoms with van der Waals surface area (Å²) in [5.41, 5.74) is 0.509. The van der Waals surface area contributed by atoms with Crippen molar-refractivity contribution in [2.24, 2.45) is 30.2 Å².